The van der Waals surface area contributed by atoms with Crippen molar-refractivity contribution in [2.75, 3.05) is 17.2 Å². The molecule has 23 heavy (non-hydrogen) atoms. The van der Waals surface area contributed by atoms with Crippen LogP contribution >= 0.6 is 0 Å². The van der Waals surface area contributed by atoms with Crippen molar-refractivity contribution in [3.63, 3.8) is 0 Å². The average Bonchev–Trinajstić information content (AvgIpc) is 2.52. The van der Waals surface area contributed by atoms with Gasteiger partial charge in [0.15, 0.2) is 0 Å². The van der Waals surface area contributed by atoms with Crippen LogP contribution in [-0.2, 0) is 11.2 Å². The second-order valence-electron chi connectivity index (χ2n) is 6.07. The summed E-state index contributed by atoms with van der Waals surface area (Å²) in [7, 11) is 0. The highest BCUT2D eigenvalue weighted by Gasteiger charge is 2.25. The summed E-state index contributed by atoms with van der Waals surface area (Å²) in [6.07, 6.45) is 7.04. The minimum Gasteiger partial charge on any atom is -0.370 e. The molecule has 1 aliphatic rings. The van der Waals surface area contributed by atoms with Gasteiger partial charge in [-0.2, -0.15) is 0 Å². The standard InChI is InChI=1S/C19H23N3O/c23-19(16-9-4-10-16)22-17-11-12-18(21-14-17)20-13-5-8-15-6-2-1-3-7-15/h1-3,6-7,11-12,14,16H,4-5,8-10,13H2,(H,20,21)(H,22,23). The van der Waals surface area contributed by atoms with Gasteiger partial charge < -0.3 is 10.6 Å². The van der Waals surface area contributed by atoms with Crippen LogP contribution < -0.4 is 10.6 Å². The molecule has 1 aromatic heterocycles. The highest BCUT2D eigenvalue weighted by atomic mass is 16.1. The Labute approximate surface area is 137 Å². The van der Waals surface area contributed by atoms with Crippen molar-refractivity contribution in [2.24, 2.45) is 5.92 Å². The lowest BCUT2D eigenvalue weighted by molar-refractivity contribution is -0.122. The number of rotatable bonds is 7. The van der Waals surface area contributed by atoms with E-state index >= 15 is 0 Å². The van der Waals surface area contributed by atoms with Crippen LogP contribution in [-0.4, -0.2) is 17.4 Å². The van der Waals surface area contributed by atoms with Gasteiger partial charge in [0.2, 0.25) is 5.91 Å². The van der Waals surface area contributed by atoms with Gasteiger partial charge in [-0.15, -0.1) is 0 Å². The van der Waals surface area contributed by atoms with Gasteiger partial charge in [-0.3, -0.25) is 4.79 Å². The first-order valence-electron chi connectivity index (χ1n) is 8.36. The molecule has 4 nitrogen and oxygen atoms in total. The minimum absolute atomic E-state index is 0.127. The predicted octanol–water partition coefficient (Wildman–Crippen LogP) is 3.86. The molecule has 4 heteroatoms. The fourth-order valence-corrected chi connectivity index (χ4v) is 2.64. The van der Waals surface area contributed by atoms with E-state index in [0.29, 0.717) is 0 Å². The molecule has 120 valence electrons. The lowest BCUT2D eigenvalue weighted by atomic mass is 9.85. The molecule has 1 amide bonds. The van der Waals surface area contributed by atoms with E-state index in [1.165, 1.54) is 12.0 Å². The Morgan fingerprint density at radius 3 is 2.61 bits per heavy atom. The smallest absolute Gasteiger partial charge is 0.227 e. The number of aromatic nitrogens is 1. The Hall–Kier alpha value is -2.36. The summed E-state index contributed by atoms with van der Waals surface area (Å²) in [6, 6.07) is 14.3. The van der Waals surface area contributed by atoms with Crippen LogP contribution in [0.2, 0.25) is 0 Å². The molecule has 0 atom stereocenters. The zero-order valence-corrected chi connectivity index (χ0v) is 13.3. The molecule has 0 spiro atoms. The van der Waals surface area contributed by atoms with Crippen LogP contribution in [0.25, 0.3) is 0 Å². The summed E-state index contributed by atoms with van der Waals surface area (Å²) in [6.45, 7) is 0.885. The van der Waals surface area contributed by atoms with Gasteiger partial charge in [-0.05, 0) is 43.4 Å². The topological polar surface area (TPSA) is 54.0 Å². The maximum Gasteiger partial charge on any atom is 0.227 e. The number of pyridine rings is 1. The molecule has 1 aromatic carbocycles. The highest BCUT2D eigenvalue weighted by molar-refractivity contribution is 5.92. The number of hydrogen-bond donors (Lipinski definition) is 2. The van der Waals surface area contributed by atoms with E-state index in [2.05, 4.69) is 39.9 Å². The molecule has 1 saturated carbocycles. The number of nitrogens with zero attached hydrogens (tertiary/aromatic N) is 1. The van der Waals surface area contributed by atoms with Crippen molar-refractivity contribution >= 4 is 17.4 Å². The first kappa shape index (κ1) is 15.5. The van der Waals surface area contributed by atoms with E-state index in [9.17, 15) is 4.79 Å². The largest absolute Gasteiger partial charge is 0.370 e. The molecule has 2 N–H and O–H groups in total. The van der Waals surface area contributed by atoms with Crippen LogP contribution in [0.3, 0.4) is 0 Å². The van der Waals surface area contributed by atoms with E-state index in [1.54, 1.807) is 6.20 Å². The monoisotopic (exact) mass is 309 g/mol. The maximum atomic E-state index is 11.9. The summed E-state index contributed by atoms with van der Waals surface area (Å²) >= 11 is 0. The second kappa shape index (κ2) is 7.77. The van der Waals surface area contributed by atoms with E-state index in [0.717, 1.165) is 43.7 Å². The molecule has 0 bridgehead atoms. The van der Waals surface area contributed by atoms with E-state index in [4.69, 9.17) is 0 Å². The van der Waals surface area contributed by atoms with Crippen LogP contribution in [0, 0.1) is 5.92 Å². The normalized spacial score (nSPS) is 14.1. The van der Waals surface area contributed by atoms with E-state index in [1.807, 2.05) is 18.2 Å². The molecule has 0 aliphatic heterocycles. The number of hydrogen-bond acceptors (Lipinski definition) is 3. The number of benzene rings is 1. The summed E-state index contributed by atoms with van der Waals surface area (Å²) in [5.41, 5.74) is 2.13. The molecule has 1 heterocycles. The molecule has 0 radical (unpaired) electrons. The fourth-order valence-electron chi connectivity index (χ4n) is 2.64. The van der Waals surface area contributed by atoms with Crippen LogP contribution in [0.1, 0.15) is 31.2 Å². The fraction of sp³-hybridized carbons (Fsp3) is 0.368. The Morgan fingerprint density at radius 1 is 1.13 bits per heavy atom. The molecule has 1 aliphatic carbocycles. The number of aryl methyl sites for hydroxylation is 1. The first-order chi connectivity index (χ1) is 11.3. The van der Waals surface area contributed by atoms with Crippen molar-refractivity contribution in [3.8, 4) is 0 Å². The van der Waals surface area contributed by atoms with Crippen molar-refractivity contribution in [3.05, 3.63) is 54.2 Å². The van der Waals surface area contributed by atoms with Gasteiger partial charge in [0.1, 0.15) is 5.82 Å². The van der Waals surface area contributed by atoms with E-state index < -0.39 is 0 Å². The molecular weight excluding hydrogens is 286 g/mol. The summed E-state index contributed by atoms with van der Waals surface area (Å²) in [5.74, 6) is 1.17. The van der Waals surface area contributed by atoms with Gasteiger partial charge >= 0.3 is 0 Å². The second-order valence-corrected chi connectivity index (χ2v) is 6.07. The van der Waals surface area contributed by atoms with Gasteiger partial charge in [0, 0.05) is 12.5 Å². The lowest BCUT2D eigenvalue weighted by Crippen LogP contribution is -2.28. The third kappa shape index (κ3) is 4.55. The maximum absolute atomic E-state index is 11.9. The molecule has 3 rings (SSSR count). The highest BCUT2D eigenvalue weighted by Crippen LogP contribution is 2.27. The SMILES string of the molecule is O=C(Nc1ccc(NCCCc2ccccc2)nc1)C1CCC1. The predicted molar refractivity (Wildman–Crippen MR) is 93.5 cm³/mol. The summed E-state index contributed by atoms with van der Waals surface area (Å²) in [5, 5.41) is 6.25. The lowest BCUT2D eigenvalue weighted by Gasteiger charge is -2.23. The van der Waals surface area contributed by atoms with Gasteiger partial charge in [-0.1, -0.05) is 36.8 Å². The Bertz CT molecular complexity index is 621. The minimum atomic E-state index is 0.127. The number of nitrogens with one attached hydrogen (secondary N) is 2. The first-order valence-corrected chi connectivity index (χ1v) is 8.36. The zero-order chi connectivity index (χ0) is 15.9. The van der Waals surface area contributed by atoms with Gasteiger partial charge in [-0.25, -0.2) is 4.98 Å². The van der Waals surface area contributed by atoms with Crippen LogP contribution in [0.15, 0.2) is 48.7 Å². The van der Waals surface area contributed by atoms with Crippen molar-refractivity contribution < 1.29 is 4.79 Å². The van der Waals surface area contributed by atoms with Gasteiger partial charge in [0.05, 0.1) is 11.9 Å². The van der Waals surface area contributed by atoms with Crippen molar-refractivity contribution in [2.45, 2.75) is 32.1 Å². The van der Waals surface area contributed by atoms with Crippen molar-refractivity contribution in [1.29, 1.82) is 0 Å². The molecule has 2 aromatic rings. The molecular formula is C19H23N3O. The van der Waals surface area contributed by atoms with Gasteiger partial charge in [0.25, 0.3) is 0 Å². The number of carbonyl (C=O) groups is 1. The van der Waals surface area contributed by atoms with E-state index in [-0.39, 0.29) is 11.8 Å². The molecule has 0 unspecified atom stereocenters. The quantitative estimate of drug-likeness (QED) is 0.764. The summed E-state index contributed by atoms with van der Waals surface area (Å²) < 4.78 is 0. The van der Waals surface area contributed by atoms with Crippen LogP contribution in [0.5, 0.6) is 0 Å². The number of anilines is 2. The Balaban J connectivity index is 1.39. The third-order valence-electron chi connectivity index (χ3n) is 4.30. The molecule has 0 saturated heterocycles. The molecule has 1 fully saturated rings. The summed E-state index contributed by atoms with van der Waals surface area (Å²) in [4.78, 5) is 16.2. The number of carbonyl (C=O) groups excluding carboxylic acids is 1. The Morgan fingerprint density at radius 2 is 1.96 bits per heavy atom. The van der Waals surface area contributed by atoms with Crippen molar-refractivity contribution in [1.82, 2.24) is 4.98 Å². The third-order valence-corrected chi connectivity index (χ3v) is 4.30. The Kier molecular flexibility index (Phi) is 5.25. The zero-order valence-electron chi connectivity index (χ0n) is 13.3. The van der Waals surface area contributed by atoms with Crippen LogP contribution in [0.4, 0.5) is 11.5 Å². The number of amides is 1. The average molecular weight is 309 g/mol.